The zero-order valence-corrected chi connectivity index (χ0v) is 10.6. The molecule has 0 aliphatic rings. The van der Waals surface area contributed by atoms with Crippen LogP contribution in [0.3, 0.4) is 0 Å². The van der Waals surface area contributed by atoms with E-state index >= 15 is 0 Å². The van der Waals surface area contributed by atoms with Gasteiger partial charge in [0, 0.05) is 20.2 Å². The van der Waals surface area contributed by atoms with Crippen LogP contribution < -0.4 is 10.0 Å². The summed E-state index contributed by atoms with van der Waals surface area (Å²) < 4.78 is 30.3. The third-order valence-corrected chi connectivity index (χ3v) is 3.32. The maximum absolute atomic E-state index is 11.4. The number of nitrogens with one attached hydrogen (secondary N) is 2. The van der Waals surface area contributed by atoms with Gasteiger partial charge in [0.05, 0.1) is 11.9 Å². The quantitative estimate of drug-likeness (QED) is 0.552. The zero-order chi connectivity index (χ0) is 11.7. The fourth-order valence-electron chi connectivity index (χ4n) is 0.908. The van der Waals surface area contributed by atoms with Gasteiger partial charge in [-0.05, 0) is 19.9 Å². The standard InChI is InChI=1S/C9H22N2O3S/c1-4-5-10-6-7-15(12,13)11-8-9(2)14-3/h9-11H,4-8H2,1-3H3. The molecule has 0 aromatic carbocycles. The second-order valence-corrected chi connectivity index (χ2v) is 5.39. The molecule has 92 valence electrons. The van der Waals surface area contributed by atoms with E-state index in [2.05, 4.69) is 10.0 Å². The largest absolute Gasteiger partial charge is 0.380 e. The molecular formula is C9H22N2O3S. The second kappa shape index (κ2) is 8.04. The van der Waals surface area contributed by atoms with Gasteiger partial charge in [0.25, 0.3) is 0 Å². The average molecular weight is 238 g/mol. The first-order valence-electron chi connectivity index (χ1n) is 5.22. The van der Waals surface area contributed by atoms with Crippen molar-refractivity contribution in [3.63, 3.8) is 0 Å². The third-order valence-electron chi connectivity index (χ3n) is 1.97. The van der Waals surface area contributed by atoms with Gasteiger partial charge in [-0.2, -0.15) is 0 Å². The molecule has 0 saturated carbocycles. The summed E-state index contributed by atoms with van der Waals surface area (Å²) in [6, 6.07) is 0. The molecule has 0 heterocycles. The summed E-state index contributed by atoms with van der Waals surface area (Å²) in [6.07, 6.45) is 0.914. The molecule has 0 spiro atoms. The van der Waals surface area contributed by atoms with Gasteiger partial charge in [-0.3, -0.25) is 0 Å². The lowest BCUT2D eigenvalue weighted by molar-refractivity contribution is 0.122. The number of rotatable bonds is 9. The molecule has 0 aromatic heterocycles. The Balaban J connectivity index is 3.68. The van der Waals surface area contributed by atoms with E-state index in [1.165, 1.54) is 0 Å². The molecule has 0 saturated heterocycles. The van der Waals surface area contributed by atoms with E-state index < -0.39 is 10.0 Å². The maximum Gasteiger partial charge on any atom is 0.212 e. The smallest absolute Gasteiger partial charge is 0.212 e. The van der Waals surface area contributed by atoms with Crippen LogP contribution in [0.15, 0.2) is 0 Å². The molecule has 0 aliphatic heterocycles. The van der Waals surface area contributed by atoms with Crippen molar-refractivity contribution >= 4 is 10.0 Å². The highest BCUT2D eigenvalue weighted by Crippen LogP contribution is 1.88. The summed E-state index contributed by atoms with van der Waals surface area (Å²) in [7, 11) is -1.60. The summed E-state index contributed by atoms with van der Waals surface area (Å²) in [5, 5.41) is 3.04. The minimum atomic E-state index is -3.16. The first-order chi connectivity index (χ1) is 7.02. The summed E-state index contributed by atoms with van der Waals surface area (Å²) in [5.41, 5.74) is 0. The first kappa shape index (κ1) is 14.8. The Kier molecular flexibility index (Phi) is 7.95. The number of ether oxygens (including phenoxy) is 1. The highest BCUT2D eigenvalue weighted by atomic mass is 32.2. The number of hydrogen-bond acceptors (Lipinski definition) is 4. The molecule has 0 rings (SSSR count). The molecule has 5 nitrogen and oxygen atoms in total. The van der Waals surface area contributed by atoms with Crippen molar-refractivity contribution in [2.24, 2.45) is 0 Å². The van der Waals surface area contributed by atoms with Crippen LogP contribution in [0.1, 0.15) is 20.3 Å². The van der Waals surface area contributed by atoms with Crippen molar-refractivity contribution in [1.29, 1.82) is 0 Å². The van der Waals surface area contributed by atoms with Crippen LogP contribution in [0, 0.1) is 0 Å². The van der Waals surface area contributed by atoms with Gasteiger partial charge >= 0.3 is 0 Å². The third kappa shape index (κ3) is 8.80. The summed E-state index contributed by atoms with van der Waals surface area (Å²) in [6.45, 7) is 5.53. The molecule has 1 atom stereocenters. The number of hydrogen-bond donors (Lipinski definition) is 2. The Bertz CT molecular complexity index is 242. The van der Waals surface area contributed by atoms with Gasteiger partial charge in [0.1, 0.15) is 0 Å². The lowest BCUT2D eigenvalue weighted by Gasteiger charge is -2.11. The summed E-state index contributed by atoms with van der Waals surface area (Å²) in [5.74, 6) is 0.115. The molecule has 0 radical (unpaired) electrons. The fraction of sp³-hybridized carbons (Fsp3) is 1.00. The SMILES string of the molecule is CCCNCCS(=O)(=O)NCC(C)OC. The van der Waals surface area contributed by atoms with E-state index in [1.54, 1.807) is 7.11 Å². The molecule has 6 heteroatoms. The molecule has 0 amide bonds. The number of methoxy groups -OCH3 is 1. The monoisotopic (exact) mass is 238 g/mol. The topological polar surface area (TPSA) is 67.4 Å². The maximum atomic E-state index is 11.4. The van der Waals surface area contributed by atoms with Crippen molar-refractivity contribution in [1.82, 2.24) is 10.0 Å². The molecule has 0 fully saturated rings. The fourth-order valence-corrected chi connectivity index (χ4v) is 1.95. The number of sulfonamides is 1. The van der Waals surface area contributed by atoms with Crippen molar-refractivity contribution in [2.75, 3.05) is 32.5 Å². The second-order valence-electron chi connectivity index (χ2n) is 3.46. The van der Waals surface area contributed by atoms with E-state index in [0.717, 1.165) is 13.0 Å². The Morgan fingerprint density at radius 2 is 2.00 bits per heavy atom. The lowest BCUT2D eigenvalue weighted by Crippen LogP contribution is -2.36. The van der Waals surface area contributed by atoms with Crippen LogP contribution >= 0.6 is 0 Å². The van der Waals surface area contributed by atoms with Gasteiger partial charge in [0.2, 0.25) is 10.0 Å². The van der Waals surface area contributed by atoms with Gasteiger partial charge in [0.15, 0.2) is 0 Å². The minimum absolute atomic E-state index is 0.0941. The van der Waals surface area contributed by atoms with E-state index in [9.17, 15) is 8.42 Å². The van der Waals surface area contributed by atoms with Crippen LogP contribution in [0.4, 0.5) is 0 Å². The molecule has 0 bridgehead atoms. The molecule has 2 N–H and O–H groups in total. The highest BCUT2D eigenvalue weighted by Gasteiger charge is 2.10. The van der Waals surface area contributed by atoms with E-state index in [1.807, 2.05) is 13.8 Å². The first-order valence-corrected chi connectivity index (χ1v) is 6.88. The van der Waals surface area contributed by atoms with Crippen molar-refractivity contribution in [3.8, 4) is 0 Å². The lowest BCUT2D eigenvalue weighted by atomic mass is 10.4. The van der Waals surface area contributed by atoms with Crippen LogP contribution in [-0.4, -0.2) is 47.0 Å². The van der Waals surface area contributed by atoms with Crippen LogP contribution in [-0.2, 0) is 14.8 Å². The highest BCUT2D eigenvalue weighted by molar-refractivity contribution is 7.89. The summed E-state index contributed by atoms with van der Waals surface area (Å²) >= 11 is 0. The van der Waals surface area contributed by atoms with Gasteiger partial charge < -0.3 is 10.1 Å². The zero-order valence-electron chi connectivity index (χ0n) is 9.75. The van der Waals surface area contributed by atoms with Crippen LogP contribution in [0.2, 0.25) is 0 Å². The molecule has 0 aromatic rings. The Hall–Kier alpha value is -0.170. The Labute approximate surface area is 92.6 Å². The predicted octanol–water partition coefficient (Wildman–Crippen LogP) is -0.0597. The average Bonchev–Trinajstić information content (AvgIpc) is 2.21. The van der Waals surface area contributed by atoms with Crippen LogP contribution in [0.25, 0.3) is 0 Å². The van der Waals surface area contributed by atoms with Gasteiger partial charge in [-0.15, -0.1) is 0 Å². The van der Waals surface area contributed by atoms with Gasteiger partial charge in [-0.25, -0.2) is 13.1 Å². The predicted molar refractivity (Wildman–Crippen MR) is 61.4 cm³/mol. The molecule has 15 heavy (non-hydrogen) atoms. The van der Waals surface area contributed by atoms with Crippen molar-refractivity contribution in [2.45, 2.75) is 26.4 Å². The Morgan fingerprint density at radius 1 is 1.33 bits per heavy atom. The van der Waals surface area contributed by atoms with Crippen molar-refractivity contribution in [3.05, 3.63) is 0 Å². The van der Waals surface area contributed by atoms with Crippen molar-refractivity contribution < 1.29 is 13.2 Å². The van der Waals surface area contributed by atoms with E-state index in [4.69, 9.17) is 4.74 Å². The van der Waals surface area contributed by atoms with E-state index in [0.29, 0.717) is 13.1 Å². The van der Waals surface area contributed by atoms with Crippen LogP contribution in [0.5, 0.6) is 0 Å². The molecule has 1 unspecified atom stereocenters. The molecular weight excluding hydrogens is 216 g/mol. The van der Waals surface area contributed by atoms with Gasteiger partial charge in [-0.1, -0.05) is 6.92 Å². The minimum Gasteiger partial charge on any atom is -0.380 e. The summed E-state index contributed by atoms with van der Waals surface area (Å²) in [4.78, 5) is 0. The van der Waals surface area contributed by atoms with E-state index in [-0.39, 0.29) is 11.9 Å². The normalized spacial score (nSPS) is 14.1. The Morgan fingerprint density at radius 3 is 2.53 bits per heavy atom. The molecule has 0 aliphatic carbocycles.